The van der Waals surface area contributed by atoms with Crippen molar-refractivity contribution in [3.8, 4) is 5.75 Å². The van der Waals surface area contributed by atoms with Crippen molar-refractivity contribution in [2.75, 3.05) is 7.11 Å². The number of rotatable bonds is 2. The van der Waals surface area contributed by atoms with Crippen molar-refractivity contribution < 1.29 is 14.6 Å². The average Bonchev–Trinajstić information content (AvgIpc) is 3.01. The molecule has 1 aromatic rings. The maximum atomic E-state index is 12.1. The molecule has 150 valence electrons. The van der Waals surface area contributed by atoms with E-state index in [0.717, 1.165) is 31.4 Å². The van der Waals surface area contributed by atoms with Gasteiger partial charge in [0.05, 0.1) is 13.2 Å². The number of ketones is 1. The largest absolute Gasteiger partial charge is 0.497 e. The molecule has 0 bridgehead atoms. The van der Waals surface area contributed by atoms with Crippen LogP contribution in [0, 0.1) is 29.1 Å². The highest BCUT2D eigenvalue weighted by atomic mass is 16.5. The van der Waals surface area contributed by atoms with Gasteiger partial charge in [0.2, 0.25) is 0 Å². The van der Waals surface area contributed by atoms with Crippen LogP contribution in [-0.4, -0.2) is 24.1 Å². The Morgan fingerprint density at radius 1 is 1.04 bits per heavy atom. The Bertz CT molecular complexity index is 795. The van der Waals surface area contributed by atoms with Crippen molar-refractivity contribution in [2.24, 2.45) is 29.1 Å². The molecule has 0 heterocycles. The summed E-state index contributed by atoms with van der Waals surface area (Å²) in [7, 11) is 1.71. The predicted molar refractivity (Wildman–Crippen MR) is 109 cm³/mol. The molecule has 3 nitrogen and oxygen atoms in total. The van der Waals surface area contributed by atoms with E-state index in [9.17, 15) is 9.90 Å². The number of methoxy groups -OCH3 is 1. The van der Waals surface area contributed by atoms with Crippen LogP contribution >= 0.6 is 0 Å². The number of aliphatic hydroxyl groups excluding tert-OH is 1. The summed E-state index contributed by atoms with van der Waals surface area (Å²) >= 11 is 0. The first-order valence-corrected chi connectivity index (χ1v) is 11.1. The second-order valence-electron chi connectivity index (χ2n) is 9.90. The molecule has 4 aliphatic carbocycles. The Kier molecular flexibility index (Phi) is 4.42. The van der Waals surface area contributed by atoms with E-state index in [1.807, 2.05) is 6.08 Å². The Morgan fingerprint density at radius 2 is 1.82 bits per heavy atom. The molecule has 28 heavy (non-hydrogen) atoms. The van der Waals surface area contributed by atoms with Crippen molar-refractivity contribution >= 4 is 5.78 Å². The van der Waals surface area contributed by atoms with Crippen LogP contribution in [0.1, 0.15) is 63.4 Å². The highest BCUT2D eigenvalue weighted by Crippen LogP contribution is 2.65. The first-order valence-electron chi connectivity index (χ1n) is 11.1. The van der Waals surface area contributed by atoms with Crippen molar-refractivity contribution in [3.63, 3.8) is 0 Å². The molecule has 0 saturated heterocycles. The van der Waals surface area contributed by atoms with Crippen LogP contribution in [0.5, 0.6) is 5.75 Å². The molecule has 1 aromatic carbocycles. The van der Waals surface area contributed by atoms with E-state index < -0.39 is 0 Å². The molecular weight excluding hydrogens is 348 g/mol. The second-order valence-corrected chi connectivity index (χ2v) is 9.90. The van der Waals surface area contributed by atoms with Gasteiger partial charge in [-0.1, -0.05) is 24.6 Å². The molecule has 3 heteroatoms. The van der Waals surface area contributed by atoms with Gasteiger partial charge in [-0.3, -0.25) is 4.79 Å². The van der Waals surface area contributed by atoms with Gasteiger partial charge in [0, 0.05) is 6.42 Å². The number of hydrogen-bond donors (Lipinski definition) is 1. The minimum absolute atomic E-state index is 0.0253. The zero-order valence-electron chi connectivity index (χ0n) is 17.1. The van der Waals surface area contributed by atoms with Gasteiger partial charge in [-0.2, -0.15) is 0 Å². The Labute approximate surface area is 168 Å². The first-order chi connectivity index (χ1) is 13.5. The molecule has 5 rings (SSSR count). The van der Waals surface area contributed by atoms with Crippen molar-refractivity contribution in [1.29, 1.82) is 0 Å². The molecule has 4 aliphatic rings. The third-order valence-corrected chi connectivity index (χ3v) is 8.79. The Hall–Kier alpha value is -1.61. The Balaban J connectivity index is 1.58. The summed E-state index contributed by atoms with van der Waals surface area (Å²) in [6.45, 7) is 2.35. The summed E-state index contributed by atoms with van der Waals surface area (Å²) < 4.78 is 5.38. The summed E-state index contributed by atoms with van der Waals surface area (Å²) in [5, 5.41) is 10.9. The monoisotopic (exact) mass is 380 g/mol. The lowest BCUT2D eigenvalue weighted by Crippen LogP contribution is -2.50. The molecule has 1 N–H and O–H groups in total. The second kappa shape index (κ2) is 6.73. The topological polar surface area (TPSA) is 46.5 Å². The van der Waals surface area contributed by atoms with E-state index in [4.69, 9.17) is 4.74 Å². The number of carbonyl (C=O) groups is 1. The van der Waals surface area contributed by atoms with Crippen LogP contribution in [0.15, 0.2) is 35.9 Å². The fourth-order valence-corrected chi connectivity index (χ4v) is 7.47. The van der Waals surface area contributed by atoms with Crippen LogP contribution in [0.3, 0.4) is 0 Å². The maximum Gasteiger partial charge on any atom is 0.155 e. The highest BCUT2D eigenvalue weighted by Gasteiger charge is 2.59. The molecule has 0 amide bonds. The summed E-state index contributed by atoms with van der Waals surface area (Å²) in [6, 6.07) is 8.62. The molecule has 3 fully saturated rings. The third-order valence-electron chi connectivity index (χ3n) is 8.79. The van der Waals surface area contributed by atoms with E-state index in [1.165, 1.54) is 24.0 Å². The van der Waals surface area contributed by atoms with Crippen LogP contribution in [-0.2, 0) is 4.79 Å². The standard InChI is InChI=1S/C25H32O3/c1-25-14-21(15-3-7-18(28-2)8-4-15)24-19-10-6-17(26)13-16(19)5-9-20(24)22(25)11-12-23(25)27/h3-4,7-8,13,19-24,27H,5-6,9-12,14H2,1-2H3/t19-,20?,21+,22?,23-,24?,25-/m0/s1. The van der Waals surface area contributed by atoms with E-state index in [-0.39, 0.29) is 11.5 Å². The summed E-state index contributed by atoms with van der Waals surface area (Å²) in [6.07, 6.45) is 8.96. The average molecular weight is 381 g/mol. The van der Waals surface area contributed by atoms with Crippen molar-refractivity contribution in [2.45, 2.75) is 63.9 Å². The van der Waals surface area contributed by atoms with Crippen molar-refractivity contribution in [1.82, 2.24) is 0 Å². The van der Waals surface area contributed by atoms with Gasteiger partial charge in [0.15, 0.2) is 5.78 Å². The summed E-state index contributed by atoms with van der Waals surface area (Å²) in [4.78, 5) is 12.1. The minimum Gasteiger partial charge on any atom is -0.497 e. The number of ether oxygens (including phenoxy) is 1. The van der Waals surface area contributed by atoms with Gasteiger partial charge in [-0.15, -0.1) is 0 Å². The Morgan fingerprint density at radius 3 is 2.57 bits per heavy atom. The zero-order chi connectivity index (χ0) is 19.5. The van der Waals surface area contributed by atoms with E-state index in [0.29, 0.717) is 41.8 Å². The van der Waals surface area contributed by atoms with Crippen LogP contribution in [0.4, 0.5) is 0 Å². The van der Waals surface area contributed by atoms with Gasteiger partial charge >= 0.3 is 0 Å². The number of fused-ring (bicyclic) bond motifs is 5. The smallest absolute Gasteiger partial charge is 0.155 e. The predicted octanol–water partition coefficient (Wildman–Crippen LogP) is 4.89. The van der Waals surface area contributed by atoms with Crippen LogP contribution in [0.2, 0.25) is 0 Å². The SMILES string of the molecule is COc1ccc([C@H]2C[C@@]3(C)C(CC[C@@H]3O)C3CCC4=CC(=O)CC[C@@H]4C32)cc1. The van der Waals surface area contributed by atoms with Crippen LogP contribution in [0.25, 0.3) is 0 Å². The lowest BCUT2D eigenvalue weighted by molar-refractivity contribution is -0.116. The minimum atomic E-state index is -0.177. The van der Waals surface area contributed by atoms with Crippen molar-refractivity contribution in [3.05, 3.63) is 41.5 Å². The maximum absolute atomic E-state index is 12.1. The summed E-state index contributed by atoms with van der Waals surface area (Å²) in [5.74, 6) is 4.11. The molecule has 0 aliphatic heterocycles. The normalized spacial score (nSPS) is 42.2. The van der Waals surface area contributed by atoms with Gasteiger partial charge in [0.25, 0.3) is 0 Å². The molecular formula is C25H32O3. The third kappa shape index (κ3) is 2.69. The fourth-order valence-electron chi connectivity index (χ4n) is 7.47. The number of benzene rings is 1. The van der Waals surface area contributed by atoms with E-state index >= 15 is 0 Å². The van der Waals surface area contributed by atoms with Gasteiger partial charge in [-0.05, 0) is 97.3 Å². The van der Waals surface area contributed by atoms with Gasteiger partial charge in [-0.25, -0.2) is 0 Å². The molecule has 0 aromatic heterocycles. The van der Waals surface area contributed by atoms with E-state index in [1.54, 1.807) is 7.11 Å². The molecule has 0 radical (unpaired) electrons. The van der Waals surface area contributed by atoms with Gasteiger partial charge in [0.1, 0.15) is 5.75 Å². The van der Waals surface area contributed by atoms with E-state index in [2.05, 4.69) is 31.2 Å². The molecule has 7 atom stereocenters. The van der Waals surface area contributed by atoms with Gasteiger partial charge < -0.3 is 9.84 Å². The highest BCUT2D eigenvalue weighted by molar-refractivity contribution is 5.91. The zero-order valence-corrected chi connectivity index (χ0v) is 17.1. The number of aliphatic hydroxyl groups is 1. The van der Waals surface area contributed by atoms with Crippen LogP contribution < -0.4 is 4.74 Å². The number of hydrogen-bond acceptors (Lipinski definition) is 3. The molecule has 3 unspecified atom stereocenters. The summed E-state index contributed by atoms with van der Waals surface area (Å²) in [5.41, 5.74) is 2.82. The molecule has 0 spiro atoms. The quantitative estimate of drug-likeness (QED) is 0.794. The number of allylic oxidation sites excluding steroid dienone is 1. The number of carbonyl (C=O) groups excluding carboxylic acids is 1. The fraction of sp³-hybridized carbons (Fsp3) is 0.640. The lowest BCUT2D eigenvalue weighted by atomic mass is 9.48. The molecule has 3 saturated carbocycles. The lowest BCUT2D eigenvalue weighted by Gasteiger charge is -2.57. The first kappa shape index (κ1) is 18.4.